The summed E-state index contributed by atoms with van der Waals surface area (Å²) < 4.78 is 5.78. The molecular formula is C12H16ClNOS. The highest BCUT2D eigenvalue weighted by molar-refractivity contribution is 7.80. The van der Waals surface area contributed by atoms with E-state index in [-0.39, 0.29) is 6.10 Å². The lowest BCUT2D eigenvalue weighted by Crippen LogP contribution is -2.23. The average molecular weight is 258 g/mol. The highest BCUT2D eigenvalue weighted by atomic mass is 35.5. The molecular weight excluding hydrogens is 242 g/mol. The summed E-state index contributed by atoms with van der Waals surface area (Å²) in [7, 11) is 0. The molecule has 16 heavy (non-hydrogen) atoms. The Morgan fingerprint density at radius 1 is 1.56 bits per heavy atom. The predicted octanol–water partition coefficient (Wildman–Crippen LogP) is 3.48. The van der Waals surface area contributed by atoms with E-state index in [9.17, 15) is 0 Å². The van der Waals surface area contributed by atoms with E-state index < -0.39 is 0 Å². The number of halogens is 1. The van der Waals surface area contributed by atoms with Crippen LogP contribution in [0.2, 0.25) is 5.02 Å². The van der Waals surface area contributed by atoms with Crippen molar-refractivity contribution in [1.82, 2.24) is 0 Å². The fraction of sp³-hybridized carbons (Fsp3) is 0.417. The highest BCUT2D eigenvalue weighted by Gasteiger charge is 2.10. The van der Waals surface area contributed by atoms with E-state index in [0.29, 0.717) is 11.4 Å². The van der Waals surface area contributed by atoms with Crippen molar-refractivity contribution in [1.29, 1.82) is 0 Å². The van der Waals surface area contributed by atoms with Gasteiger partial charge in [-0.15, -0.1) is 0 Å². The van der Waals surface area contributed by atoms with E-state index in [2.05, 4.69) is 0 Å². The van der Waals surface area contributed by atoms with Crippen molar-refractivity contribution >= 4 is 28.8 Å². The minimum absolute atomic E-state index is 0.0399. The van der Waals surface area contributed by atoms with Crippen molar-refractivity contribution < 1.29 is 4.74 Å². The standard InChI is InChI=1S/C12H16ClNOS/c1-3-9(7-12(14)16)15-10-4-5-11(13)8(2)6-10/h4-6,9H,3,7H2,1-2H3,(H2,14,16). The van der Waals surface area contributed by atoms with Gasteiger partial charge in [0.15, 0.2) is 0 Å². The van der Waals surface area contributed by atoms with E-state index in [1.54, 1.807) is 0 Å². The third-order valence-electron chi connectivity index (χ3n) is 2.32. The Labute approximate surface area is 107 Å². The molecule has 0 aliphatic heterocycles. The molecule has 0 aliphatic carbocycles. The fourth-order valence-corrected chi connectivity index (χ4v) is 1.68. The van der Waals surface area contributed by atoms with Crippen LogP contribution in [0.4, 0.5) is 0 Å². The van der Waals surface area contributed by atoms with Crippen LogP contribution < -0.4 is 10.5 Å². The first-order chi connectivity index (χ1) is 7.52. The Morgan fingerprint density at radius 3 is 2.75 bits per heavy atom. The topological polar surface area (TPSA) is 35.2 Å². The molecule has 1 aromatic carbocycles. The molecule has 0 aromatic heterocycles. The largest absolute Gasteiger partial charge is 0.490 e. The van der Waals surface area contributed by atoms with Crippen LogP contribution in [-0.2, 0) is 0 Å². The van der Waals surface area contributed by atoms with Gasteiger partial charge in [0.2, 0.25) is 0 Å². The van der Waals surface area contributed by atoms with Gasteiger partial charge >= 0.3 is 0 Å². The maximum Gasteiger partial charge on any atom is 0.120 e. The normalized spacial score (nSPS) is 12.2. The number of aryl methyl sites for hydroxylation is 1. The SMILES string of the molecule is CCC(CC(N)=S)Oc1ccc(Cl)c(C)c1. The Kier molecular flexibility index (Phi) is 5.03. The van der Waals surface area contributed by atoms with Crippen LogP contribution in [-0.4, -0.2) is 11.1 Å². The molecule has 0 bridgehead atoms. The molecule has 0 fully saturated rings. The first kappa shape index (κ1) is 13.3. The van der Waals surface area contributed by atoms with E-state index in [0.717, 1.165) is 22.8 Å². The zero-order valence-electron chi connectivity index (χ0n) is 9.50. The van der Waals surface area contributed by atoms with Crippen LogP contribution >= 0.6 is 23.8 Å². The van der Waals surface area contributed by atoms with Crippen LogP contribution in [0.1, 0.15) is 25.3 Å². The summed E-state index contributed by atoms with van der Waals surface area (Å²) in [6.07, 6.45) is 1.52. The lowest BCUT2D eigenvalue weighted by molar-refractivity contribution is 0.205. The molecule has 0 amide bonds. The number of ether oxygens (including phenoxy) is 1. The molecule has 0 aliphatic rings. The molecule has 2 N–H and O–H groups in total. The Balaban J connectivity index is 2.70. The summed E-state index contributed by atoms with van der Waals surface area (Å²) in [5, 5.41) is 0.745. The summed E-state index contributed by atoms with van der Waals surface area (Å²) in [6, 6.07) is 5.61. The number of benzene rings is 1. The summed E-state index contributed by atoms with van der Waals surface area (Å²) in [4.78, 5) is 0.484. The van der Waals surface area contributed by atoms with Gasteiger partial charge in [-0.2, -0.15) is 0 Å². The number of nitrogens with two attached hydrogens (primary N) is 1. The predicted molar refractivity (Wildman–Crippen MR) is 72.3 cm³/mol. The zero-order chi connectivity index (χ0) is 12.1. The van der Waals surface area contributed by atoms with E-state index >= 15 is 0 Å². The zero-order valence-corrected chi connectivity index (χ0v) is 11.1. The molecule has 1 rings (SSSR count). The summed E-state index contributed by atoms with van der Waals surface area (Å²) in [5.41, 5.74) is 6.51. The lowest BCUT2D eigenvalue weighted by Gasteiger charge is -2.17. The van der Waals surface area contributed by atoms with Crippen LogP contribution in [0.25, 0.3) is 0 Å². The van der Waals surface area contributed by atoms with Gasteiger partial charge in [0.05, 0.1) is 4.99 Å². The maximum absolute atomic E-state index is 5.94. The minimum atomic E-state index is 0.0399. The van der Waals surface area contributed by atoms with Crippen molar-refractivity contribution in [2.45, 2.75) is 32.8 Å². The van der Waals surface area contributed by atoms with Gasteiger partial charge in [0.25, 0.3) is 0 Å². The molecule has 0 saturated carbocycles. The van der Waals surface area contributed by atoms with Crippen LogP contribution in [0.5, 0.6) is 5.75 Å². The van der Waals surface area contributed by atoms with E-state index in [1.807, 2.05) is 32.0 Å². The molecule has 0 heterocycles. The molecule has 1 atom stereocenters. The van der Waals surface area contributed by atoms with Crippen LogP contribution in [0.15, 0.2) is 18.2 Å². The second-order valence-electron chi connectivity index (χ2n) is 3.73. The smallest absolute Gasteiger partial charge is 0.120 e. The third kappa shape index (κ3) is 3.99. The van der Waals surface area contributed by atoms with Crippen molar-refractivity contribution in [2.24, 2.45) is 5.73 Å². The number of hydrogen-bond donors (Lipinski definition) is 1. The maximum atomic E-state index is 5.94. The molecule has 1 unspecified atom stereocenters. The summed E-state index contributed by atoms with van der Waals surface area (Å²) in [6.45, 7) is 4.00. The Hall–Kier alpha value is -0.800. The van der Waals surface area contributed by atoms with Gasteiger partial charge in [0, 0.05) is 11.4 Å². The molecule has 0 radical (unpaired) electrons. The molecule has 1 aromatic rings. The average Bonchev–Trinajstić information content (AvgIpc) is 2.22. The van der Waals surface area contributed by atoms with E-state index in [1.165, 1.54) is 0 Å². The number of hydrogen-bond acceptors (Lipinski definition) is 2. The molecule has 2 nitrogen and oxygen atoms in total. The first-order valence-electron chi connectivity index (χ1n) is 5.24. The number of thiocarbonyl (C=S) groups is 1. The van der Waals surface area contributed by atoms with Gasteiger partial charge in [-0.05, 0) is 37.1 Å². The van der Waals surface area contributed by atoms with Gasteiger partial charge < -0.3 is 10.5 Å². The monoisotopic (exact) mass is 257 g/mol. The second-order valence-corrected chi connectivity index (χ2v) is 4.66. The Bertz CT molecular complexity index is 381. The lowest BCUT2D eigenvalue weighted by atomic mass is 10.2. The quantitative estimate of drug-likeness (QED) is 0.821. The van der Waals surface area contributed by atoms with Gasteiger partial charge in [-0.1, -0.05) is 30.7 Å². The Morgan fingerprint density at radius 2 is 2.25 bits per heavy atom. The molecule has 0 saturated heterocycles. The van der Waals surface area contributed by atoms with Crippen LogP contribution in [0.3, 0.4) is 0 Å². The summed E-state index contributed by atoms with van der Waals surface area (Å²) >= 11 is 10.8. The molecule has 88 valence electrons. The van der Waals surface area contributed by atoms with E-state index in [4.69, 9.17) is 34.3 Å². The highest BCUT2D eigenvalue weighted by Crippen LogP contribution is 2.22. The van der Waals surface area contributed by atoms with Gasteiger partial charge in [0.1, 0.15) is 11.9 Å². The first-order valence-corrected chi connectivity index (χ1v) is 6.02. The van der Waals surface area contributed by atoms with Crippen molar-refractivity contribution in [2.75, 3.05) is 0 Å². The second kappa shape index (κ2) is 6.06. The number of rotatable bonds is 5. The summed E-state index contributed by atoms with van der Waals surface area (Å²) in [5.74, 6) is 0.810. The third-order valence-corrected chi connectivity index (χ3v) is 2.91. The van der Waals surface area contributed by atoms with Crippen molar-refractivity contribution in [3.05, 3.63) is 28.8 Å². The van der Waals surface area contributed by atoms with Gasteiger partial charge in [-0.3, -0.25) is 0 Å². The van der Waals surface area contributed by atoms with Gasteiger partial charge in [-0.25, -0.2) is 0 Å². The van der Waals surface area contributed by atoms with Crippen molar-refractivity contribution in [3.63, 3.8) is 0 Å². The fourth-order valence-electron chi connectivity index (χ4n) is 1.38. The molecule has 0 spiro atoms. The van der Waals surface area contributed by atoms with Crippen molar-refractivity contribution in [3.8, 4) is 5.75 Å². The van der Waals surface area contributed by atoms with Crippen LogP contribution in [0, 0.1) is 6.92 Å². The molecule has 4 heteroatoms. The minimum Gasteiger partial charge on any atom is -0.490 e.